The molecule has 24 heavy (non-hydrogen) atoms. The van der Waals surface area contributed by atoms with Crippen molar-refractivity contribution in [1.82, 2.24) is 9.97 Å². The Morgan fingerprint density at radius 1 is 1.04 bits per heavy atom. The molecule has 1 aromatic heterocycles. The van der Waals surface area contributed by atoms with E-state index in [4.69, 9.17) is 22.1 Å². The molecule has 0 aliphatic rings. The van der Waals surface area contributed by atoms with Gasteiger partial charge in [-0.3, -0.25) is 0 Å². The summed E-state index contributed by atoms with van der Waals surface area (Å²) in [6.45, 7) is 3.93. The molecular weight excluding hydrogens is 324 g/mol. The number of nitrogens with zero attached hydrogens (tertiary/aromatic N) is 2. The van der Waals surface area contributed by atoms with Gasteiger partial charge in [-0.2, -0.15) is 4.98 Å². The van der Waals surface area contributed by atoms with Gasteiger partial charge in [0.2, 0.25) is 5.88 Å². The van der Waals surface area contributed by atoms with Crippen molar-refractivity contribution in [1.29, 1.82) is 0 Å². The first-order valence-corrected chi connectivity index (χ1v) is 7.79. The number of rotatable bonds is 4. The van der Waals surface area contributed by atoms with Gasteiger partial charge in [-0.1, -0.05) is 35.4 Å². The molecule has 0 saturated carbocycles. The van der Waals surface area contributed by atoms with Crippen LogP contribution in [-0.2, 0) is 0 Å². The van der Waals surface area contributed by atoms with Crippen LogP contribution >= 0.6 is 11.6 Å². The van der Waals surface area contributed by atoms with Crippen molar-refractivity contribution in [2.75, 3.05) is 11.1 Å². The smallest absolute Gasteiger partial charge is 0.248 e. The summed E-state index contributed by atoms with van der Waals surface area (Å²) in [6.07, 6.45) is 1.40. The van der Waals surface area contributed by atoms with Gasteiger partial charge in [0, 0.05) is 10.7 Å². The van der Waals surface area contributed by atoms with Crippen molar-refractivity contribution in [3.8, 4) is 11.6 Å². The molecule has 0 aliphatic carbocycles. The number of nitrogens with one attached hydrogen (secondary N) is 1. The number of anilines is 3. The predicted octanol–water partition coefficient (Wildman–Crippen LogP) is 4.86. The number of hydrogen-bond acceptors (Lipinski definition) is 5. The molecule has 0 unspecified atom stereocenters. The van der Waals surface area contributed by atoms with Crippen molar-refractivity contribution in [3.63, 3.8) is 0 Å². The first-order chi connectivity index (χ1) is 11.5. The van der Waals surface area contributed by atoms with Gasteiger partial charge >= 0.3 is 0 Å². The topological polar surface area (TPSA) is 73.1 Å². The van der Waals surface area contributed by atoms with Crippen LogP contribution in [0.3, 0.4) is 0 Å². The lowest BCUT2D eigenvalue weighted by molar-refractivity contribution is 0.464. The number of halogens is 1. The third-order valence-electron chi connectivity index (χ3n) is 3.60. The maximum Gasteiger partial charge on any atom is 0.248 e. The van der Waals surface area contributed by atoms with Gasteiger partial charge in [0.25, 0.3) is 0 Å². The fourth-order valence-corrected chi connectivity index (χ4v) is 2.32. The summed E-state index contributed by atoms with van der Waals surface area (Å²) in [5.41, 5.74) is 9.38. The van der Waals surface area contributed by atoms with E-state index in [2.05, 4.69) is 15.3 Å². The summed E-state index contributed by atoms with van der Waals surface area (Å²) >= 11 is 6.14. The Hall–Kier alpha value is -2.79. The number of ether oxygens (including phenoxy) is 1. The van der Waals surface area contributed by atoms with Gasteiger partial charge in [0.05, 0.1) is 0 Å². The van der Waals surface area contributed by atoms with Crippen LogP contribution in [0.1, 0.15) is 11.1 Å². The molecule has 0 bridgehead atoms. The van der Waals surface area contributed by atoms with E-state index in [1.54, 1.807) is 0 Å². The average Bonchev–Trinajstić information content (AvgIpc) is 2.57. The molecule has 3 N–H and O–H groups in total. The summed E-state index contributed by atoms with van der Waals surface area (Å²) in [7, 11) is 0. The van der Waals surface area contributed by atoms with Gasteiger partial charge < -0.3 is 15.8 Å². The second kappa shape index (κ2) is 6.76. The van der Waals surface area contributed by atoms with E-state index in [1.165, 1.54) is 6.33 Å². The van der Waals surface area contributed by atoms with E-state index >= 15 is 0 Å². The van der Waals surface area contributed by atoms with Gasteiger partial charge in [-0.05, 0) is 43.7 Å². The Morgan fingerprint density at radius 3 is 2.54 bits per heavy atom. The molecule has 3 rings (SSSR count). The molecular formula is C18H17ClN4O. The molecule has 0 amide bonds. The zero-order valence-electron chi connectivity index (χ0n) is 13.4. The summed E-state index contributed by atoms with van der Waals surface area (Å²) in [4.78, 5) is 8.30. The van der Waals surface area contributed by atoms with E-state index in [9.17, 15) is 0 Å². The van der Waals surface area contributed by atoms with Gasteiger partial charge in [-0.15, -0.1) is 0 Å². The van der Waals surface area contributed by atoms with Crippen molar-refractivity contribution < 1.29 is 4.74 Å². The normalized spacial score (nSPS) is 10.5. The predicted molar refractivity (Wildman–Crippen MR) is 97.2 cm³/mol. The van der Waals surface area contributed by atoms with Crippen LogP contribution in [-0.4, -0.2) is 9.97 Å². The second-order valence-electron chi connectivity index (χ2n) is 5.39. The highest BCUT2D eigenvalue weighted by molar-refractivity contribution is 6.31. The highest BCUT2D eigenvalue weighted by Crippen LogP contribution is 2.32. The lowest BCUT2D eigenvalue weighted by Gasteiger charge is -2.13. The SMILES string of the molecule is Cc1ccc(Oc2ncnc(Nc3cccc(Cl)c3C)c2N)cc1. The molecule has 0 radical (unpaired) electrons. The quantitative estimate of drug-likeness (QED) is 0.709. The Bertz CT molecular complexity index is 865. The average molecular weight is 341 g/mol. The highest BCUT2D eigenvalue weighted by atomic mass is 35.5. The molecule has 3 aromatic rings. The fourth-order valence-electron chi connectivity index (χ4n) is 2.15. The highest BCUT2D eigenvalue weighted by Gasteiger charge is 2.12. The first kappa shape index (κ1) is 16.1. The molecule has 5 nitrogen and oxygen atoms in total. The van der Waals surface area contributed by atoms with Crippen molar-refractivity contribution in [3.05, 3.63) is 64.9 Å². The molecule has 2 aromatic carbocycles. The van der Waals surface area contributed by atoms with E-state index in [0.717, 1.165) is 16.8 Å². The van der Waals surface area contributed by atoms with Crippen molar-refractivity contribution in [2.45, 2.75) is 13.8 Å². The van der Waals surface area contributed by atoms with Crippen LogP contribution in [0.25, 0.3) is 0 Å². The third kappa shape index (κ3) is 3.41. The standard InChI is InChI=1S/C18H17ClN4O/c1-11-6-8-13(9-7-11)24-18-16(20)17(21-10-22-18)23-15-5-3-4-14(19)12(15)2/h3-10H,20H2,1-2H3,(H,21,22,23). The largest absolute Gasteiger partial charge is 0.437 e. The minimum absolute atomic E-state index is 0.302. The van der Waals surface area contributed by atoms with E-state index in [-0.39, 0.29) is 0 Å². The number of nitrogen functional groups attached to an aromatic ring is 1. The fraction of sp³-hybridized carbons (Fsp3) is 0.111. The molecule has 122 valence electrons. The van der Waals surface area contributed by atoms with Gasteiger partial charge in [-0.25, -0.2) is 4.98 Å². The number of nitrogens with two attached hydrogens (primary N) is 1. The zero-order valence-corrected chi connectivity index (χ0v) is 14.1. The van der Waals surface area contributed by atoms with Gasteiger partial charge in [0.1, 0.15) is 17.8 Å². The minimum atomic E-state index is 0.302. The maximum atomic E-state index is 6.15. The van der Waals surface area contributed by atoms with Crippen LogP contribution < -0.4 is 15.8 Å². The lowest BCUT2D eigenvalue weighted by atomic mass is 10.2. The minimum Gasteiger partial charge on any atom is -0.437 e. The van der Waals surface area contributed by atoms with Crippen LogP contribution in [0.4, 0.5) is 17.2 Å². The number of hydrogen-bond donors (Lipinski definition) is 2. The first-order valence-electron chi connectivity index (χ1n) is 7.41. The molecule has 0 saturated heterocycles. The summed E-state index contributed by atoms with van der Waals surface area (Å²) in [6, 6.07) is 13.2. The van der Waals surface area contributed by atoms with Gasteiger partial charge in [0.15, 0.2) is 5.82 Å². The number of aryl methyl sites for hydroxylation is 1. The van der Waals surface area contributed by atoms with Crippen molar-refractivity contribution >= 4 is 28.8 Å². The number of benzene rings is 2. The molecule has 1 heterocycles. The van der Waals surface area contributed by atoms with Crippen molar-refractivity contribution in [2.24, 2.45) is 0 Å². The Balaban J connectivity index is 1.88. The zero-order chi connectivity index (χ0) is 17.1. The van der Waals surface area contributed by atoms with E-state index in [0.29, 0.717) is 28.2 Å². The Labute approximate surface area is 145 Å². The molecule has 0 spiro atoms. The second-order valence-corrected chi connectivity index (χ2v) is 5.80. The molecule has 0 fully saturated rings. The molecule has 0 aliphatic heterocycles. The number of aromatic nitrogens is 2. The molecule has 0 atom stereocenters. The van der Waals surface area contributed by atoms with Crippen LogP contribution in [0.2, 0.25) is 5.02 Å². The van der Waals surface area contributed by atoms with E-state index in [1.807, 2.05) is 56.3 Å². The maximum absolute atomic E-state index is 6.15. The summed E-state index contributed by atoms with van der Waals surface area (Å²) in [5.74, 6) is 1.43. The monoisotopic (exact) mass is 340 g/mol. The van der Waals surface area contributed by atoms with E-state index < -0.39 is 0 Å². The van der Waals surface area contributed by atoms with Crippen LogP contribution in [0, 0.1) is 13.8 Å². The lowest BCUT2D eigenvalue weighted by Crippen LogP contribution is -2.04. The summed E-state index contributed by atoms with van der Waals surface area (Å²) in [5, 5.41) is 3.85. The summed E-state index contributed by atoms with van der Waals surface area (Å²) < 4.78 is 5.75. The Morgan fingerprint density at radius 2 is 1.79 bits per heavy atom. The Kier molecular flexibility index (Phi) is 4.53. The molecule has 6 heteroatoms. The van der Waals surface area contributed by atoms with Crippen LogP contribution in [0.5, 0.6) is 11.6 Å². The van der Waals surface area contributed by atoms with Crippen LogP contribution in [0.15, 0.2) is 48.8 Å². The third-order valence-corrected chi connectivity index (χ3v) is 4.01.